The fraction of sp³-hybridized carbons (Fsp3) is 0.111. The average Bonchev–Trinajstić information content (AvgIpc) is 2.98. The zero-order chi connectivity index (χ0) is 19.6. The van der Waals surface area contributed by atoms with E-state index in [2.05, 4.69) is 4.98 Å². The van der Waals surface area contributed by atoms with Crippen LogP contribution in [0.25, 0.3) is 0 Å². The lowest BCUT2D eigenvalue weighted by Gasteiger charge is -2.06. The Hall–Kier alpha value is -2.35. The van der Waals surface area contributed by atoms with Crippen molar-refractivity contribution in [2.45, 2.75) is 11.3 Å². The summed E-state index contributed by atoms with van der Waals surface area (Å²) < 4.78 is 28.4. The summed E-state index contributed by atoms with van der Waals surface area (Å²) in [5.74, 6) is -0.217. The van der Waals surface area contributed by atoms with Crippen LogP contribution in [0.2, 0.25) is 10.0 Å². The summed E-state index contributed by atoms with van der Waals surface area (Å²) in [6, 6.07) is 13.1. The quantitative estimate of drug-likeness (QED) is 0.681. The van der Waals surface area contributed by atoms with Gasteiger partial charge in [0.2, 0.25) is 0 Å². The van der Waals surface area contributed by atoms with Crippen molar-refractivity contribution in [1.82, 2.24) is 14.3 Å². The smallest absolute Gasteiger partial charge is 0.285 e. The number of nitrogens with one attached hydrogen (secondary N) is 1. The Morgan fingerprint density at radius 1 is 1.11 bits per heavy atom. The fourth-order valence-electron chi connectivity index (χ4n) is 2.46. The van der Waals surface area contributed by atoms with E-state index in [1.54, 1.807) is 29.8 Å². The zero-order valence-electron chi connectivity index (χ0n) is 14.2. The van der Waals surface area contributed by atoms with E-state index in [4.69, 9.17) is 23.2 Å². The predicted octanol–water partition coefficient (Wildman–Crippen LogP) is 3.44. The Labute approximate surface area is 166 Å². The second-order valence-corrected chi connectivity index (χ2v) is 8.32. The van der Waals surface area contributed by atoms with Crippen molar-refractivity contribution in [3.05, 3.63) is 81.9 Å². The molecule has 0 saturated heterocycles. The normalized spacial score (nSPS) is 11.4. The molecule has 0 aliphatic rings. The highest BCUT2D eigenvalue weighted by Gasteiger charge is 2.23. The van der Waals surface area contributed by atoms with Gasteiger partial charge in [-0.15, -0.1) is 0 Å². The number of aromatic nitrogens is 2. The van der Waals surface area contributed by atoms with E-state index in [9.17, 15) is 13.2 Å². The van der Waals surface area contributed by atoms with Crippen molar-refractivity contribution in [3.63, 3.8) is 0 Å². The van der Waals surface area contributed by atoms with E-state index in [1.165, 1.54) is 24.4 Å². The van der Waals surface area contributed by atoms with Gasteiger partial charge < -0.3 is 4.57 Å². The molecule has 1 aromatic heterocycles. The summed E-state index contributed by atoms with van der Waals surface area (Å²) in [5.41, 5.74) is 0.959. The maximum absolute atomic E-state index is 12.4. The van der Waals surface area contributed by atoms with Gasteiger partial charge in [-0.1, -0.05) is 47.5 Å². The maximum atomic E-state index is 12.4. The lowest BCUT2D eigenvalue weighted by molar-refractivity contribution is 0.0977. The molecule has 0 spiro atoms. The molecule has 0 unspecified atom stereocenters. The van der Waals surface area contributed by atoms with Crippen LogP contribution in [0.3, 0.4) is 0 Å². The summed E-state index contributed by atoms with van der Waals surface area (Å²) in [6.07, 6.45) is 1.95. The van der Waals surface area contributed by atoms with Crippen LogP contribution >= 0.6 is 23.2 Å². The molecule has 27 heavy (non-hydrogen) atoms. The number of halogens is 2. The Kier molecular flexibility index (Phi) is 5.55. The fourth-order valence-corrected chi connectivity index (χ4v) is 4.06. The molecular weight excluding hydrogens is 409 g/mol. The van der Waals surface area contributed by atoms with Crippen LogP contribution in [-0.4, -0.2) is 23.9 Å². The Morgan fingerprint density at radius 3 is 2.44 bits per heavy atom. The third-order valence-electron chi connectivity index (χ3n) is 3.83. The van der Waals surface area contributed by atoms with Crippen molar-refractivity contribution in [2.24, 2.45) is 7.05 Å². The second kappa shape index (κ2) is 7.72. The van der Waals surface area contributed by atoms with Gasteiger partial charge in [0.1, 0.15) is 16.4 Å². The lowest BCUT2D eigenvalue weighted by atomic mass is 10.1. The first-order valence-corrected chi connectivity index (χ1v) is 10.1. The Balaban J connectivity index is 1.80. The van der Waals surface area contributed by atoms with Gasteiger partial charge in [-0.2, -0.15) is 0 Å². The highest BCUT2D eigenvalue weighted by atomic mass is 35.5. The SMILES string of the molecule is Cn1cc(C(=O)NS(=O)(=O)c2ccccc2Cl)nc1Cc1ccc(Cl)cc1. The molecule has 140 valence electrons. The van der Waals surface area contributed by atoms with Gasteiger partial charge in [0.15, 0.2) is 0 Å². The molecule has 0 atom stereocenters. The summed E-state index contributed by atoms with van der Waals surface area (Å²) in [6.45, 7) is 0. The largest absolute Gasteiger partial charge is 0.337 e. The number of amides is 1. The topological polar surface area (TPSA) is 81.1 Å². The van der Waals surface area contributed by atoms with E-state index in [0.29, 0.717) is 17.3 Å². The lowest BCUT2D eigenvalue weighted by Crippen LogP contribution is -2.31. The minimum atomic E-state index is -4.10. The van der Waals surface area contributed by atoms with Crippen molar-refractivity contribution >= 4 is 39.1 Å². The first kappa shape index (κ1) is 19.4. The molecule has 0 saturated carbocycles. The second-order valence-electron chi connectivity index (χ2n) is 5.82. The molecule has 1 N–H and O–H groups in total. The van der Waals surface area contributed by atoms with Crippen molar-refractivity contribution in [1.29, 1.82) is 0 Å². The molecule has 6 nitrogen and oxygen atoms in total. The number of aryl methyl sites for hydroxylation is 1. The molecule has 1 amide bonds. The molecule has 0 bridgehead atoms. The summed E-state index contributed by atoms with van der Waals surface area (Å²) >= 11 is 11.8. The standard InChI is InChI=1S/C18H15Cl2N3O3S/c1-23-11-15(21-17(23)10-12-6-8-13(19)9-7-12)18(24)22-27(25,26)16-5-3-2-4-14(16)20/h2-9,11H,10H2,1H3,(H,22,24). The molecule has 1 heterocycles. The first-order valence-electron chi connectivity index (χ1n) is 7.84. The molecule has 0 aliphatic heterocycles. The van der Waals surface area contributed by atoms with E-state index in [0.717, 1.165) is 5.56 Å². The van der Waals surface area contributed by atoms with Gasteiger partial charge in [-0.25, -0.2) is 18.1 Å². The van der Waals surface area contributed by atoms with Gasteiger partial charge in [-0.05, 0) is 29.8 Å². The average molecular weight is 424 g/mol. The number of carbonyl (C=O) groups excluding carboxylic acids is 1. The molecule has 2 aromatic carbocycles. The number of rotatable bonds is 5. The number of nitrogens with zero attached hydrogens (tertiary/aromatic N) is 2. The zero-order valence-corrected chi connectivity index (χ0v) is 16.5. The predicted molar refractivity (Wildman–Crippen MR) is 104 cm³/mol. The third-order valence-corrected chi connectivity index (χ3v) is 5.92. The minimum Gasteiger partial charge on any atom is -0.337 e. The molecule has 0 aliphatic carbocycles. The Bertz CT molecular complexity index is 1090. The number of sulfonamides is 1. The van der Waals surface area contributed by atoms with Gasteiger partial charge in [-0.3, -0.25) is 4.79 Å². The van der Waals surface area contributed by atoms with Crippen LogP contribution < -0.4 is 4.72 Å². The maximum Gasteiger partial charge on any atom is 0.285 e. The Morgan fingerprint density at radius 2 is 1.78 bits per heavy atom. The van der Waals surface area contributed by atoms with Gasteiger partial charge >= 0.3 is 0 Å². The van der Waals surface area contributed by atoms with E-state index in [1.807, 2.05) is 16.9 Å². The third kappa shape index (κ3) is 4.50. The summed E-state index contributed by atoms with van der Waals surface area (Å²) in [7, 11) is -2.37. The van der Waals surface area contributed by atoms with Crippen LogP contribution in [0.1, 0.15) is 21.9 Å². The molecule has 0 fully saturated rings. The van der Waals surface area contributed by atoms with E-state index in [-0.39, 0.29) is 15.6 Å². The number of benzene rings is 2. The van der Waals surface area contributed by atoms with Gasteiger partial charge in [0, 0.05) is 24.7 Å². The van der Waals surface area contributed by atoms with E-state index >= 15 is 0 Å². The van der Waals surface area contributed by atoms with Crippen LogP contribution in [0.15, 0.2) is 59.6 Å². The molecule has 3 aromatic rings. The highest BCUT2D eigenvalue weighted by molar-refractivity contribution is 7.90. The van der Waals surface area contributed by atoms with Crippen LogP contribution in [-0.2, 0) is 23.5 Å². The molecular formula is C18H15Cl2N3O3S. The number of imidazole rings is 1. The van der Waals surface area contributed by atoms with Gasteiger partial charge in [0.25, 0.3) is 15.9 Å². The molecule has 3 rings (SSSR count). The summed E-state index contributed by atoms with van der Waals surface area (Å²) in [5, 5.41) is 0.658. The monoisotopic (exact) mass is 423 g/mol. The first-order chi connectivity index (χ1) is 12.8. The molecule has 9 heteroatoms. The molecule has 0 radical (unpaired) electrons. The minimum absolute atomic E-state index is 0.00269. The van der Waals surface area contributed by atoms with Crippen LogP contribution in [0.4, 0.5) is 0 Å². The number of hydrogen-bond donors (Lipinski definition) is 1. The van der Waals surface area contributed by atoms with Crippen molar-refractivity contribution in [3.8, 4) is 0 Å². The number of hydrogen-bond acceptors (Lipinski definition) is 4. The number of carbonyl (C=O) groups is 1. The van der Waals surface area contributed by atoms with Crippen molar-refractivity contribution < 1.29 is 13.2 Å². The summed E-state index contributed by atoms with van der Waals surface area (Å²) in [4.78, 5) is 16.5. The van der Waals surface area contributed by atoms with Gasteiger partial charge in [0.05, 0.1) is 5.02 Å². The van der Waals surface area contributed by atoms with Crippen molar-refractivity contribution in [2.75, 3.05) is 0 Å². The highest BCUT2D eigenvalue weighted by Crippen LogP contribution is 2.20. The van der Waals surface area contributed by atoms with E-state index < -0.39 is 15.9 Å². The van der Waals surface area contributed by atoms with Crippen LogP contribution in [0.5, 0.6) is 0 Å². The van der Waals surface area contributed by atoms with Crippen LogP contribution in [0, 0.1) is 0 Å².